The van der Waals surface area contributed by atoms with Crippen molar-refractivity contribution in [1.82, 2.24) is 4.90 Å². The molecule has 2 aromatic rings. The molecule has 1 aromatic carbocycles. The van der Waals surface area contributed by atoms with E-state index in [9.17, 15) is 14.3 Å². The number of rotatable bonds is 3. The molecule has 3 rings (SSSR count). The Labute approximate surface area is 122 Å². The lowest BCUT2D eigenvalue weighted by atomic mass is 10.1. The molecular weight excluding hydrogens is 273 g/mol. The number of furan rings is 1. The Morgan fingerprint density at radius 3 is 2.62 bits per heavy atom. The molecule has 0 radical (unpaired) electrons. The molecule has 0 saturated carbocycles. The first-order chi connectivity index (χ1) is 10.2. The number of likely N-dealkylation sites (tertiary alicyclic amines) is 1. The number of carboxylic acid groups (broad SMARTS) is 1. The first-order valence-electron chi connectivity index (χ1n) is 7.32. The van der Waals surface area contributed by atoms with Gasteiger partial charge < -0.3 is 9.52 Å². The minimum absolute atomic E-state index is 0.0414. The first kappa shape index (κ1) is 14.1. The molecule has 0 unspecified atom stereocenters. The lowest BCUT2D eigenvalue weighted by Crippen LogP contribution is -2.24. The van der Waals surface area contributed by atoms with Crippen molar-refractivity contribution in [3.63, 3.8) is 0 Å². The molecule has 4 nitrogen and oxygen atoms in total. The van der Waals surface area contributed by atoms with Crippen molar-refractivity contribution in [3.05, 3.63) is 35.3 Å². The van der Waals surface area contributed by atoms with Gasteiger partial charge in [0, 0.05) is 17.5 Å². The Balaban J connectivity index is 2.00. The van der Waals surface area contributed by atoms with Gasteiger partial charge in [0.15, 0.2) is 11.4 Å². The molecule has 0 spiro atoms. The Morgan fingerprint density at radius 2 is 1.95 bits per heavy atom. The highest BCUT2D eigenvalue weighted by Crippen LogP contribution is 2.29. The second-order valence-corrected chi connectivity index (χ2v) is 5.52. The van der Waals surface area contributed by atoms with E-state index in [4.69, 9.17) is 4.42 Å². The summed E-state index contributed by atoms with van der Waals surface area (Å²) in [5, 5.41) is 9.87. The molecule has 0 amide bonds. The van der Waals surface area contributed by atoms with Gasteiger partial charge >= 0.3 is 5.97 Å². The molecule has 21 heavy (non-hydrogen) atoms. The lowest BCUT2D eigenvalue weighted by Gasteiger charge is -2.19. The normalized spacial score (nSPS) is 17.0. The molecule has 0 aliphatic carbocycles. The monoisotopic (exact) mass is 291 g/mol. The van der Waals surface area contributed by atoms with Crippen LogP contribution in [0.3, 0.4) is 0 Å². The van der Waals surface area contributed by atoms with Gasteiger partial charge in [-0.3, -0.25) is 4.90 Å². The average Bonchev–Trinajstić information content (AvgIpc) is 2.65. The Kier molecular flexibility index (Phi) is 3.92. The molecule has 1 saturated heterocycles. The third-order valence-corrected chi connectivity index (χ3v) is 4.04. The second-order valence-electron chi connectivity index (χ2n) is 5.52. The van der Waals surface area contributed by atoms with Gasteiger partial charge in [-0.05, 0) is 32.0 Å². The summed E-state index contributed by atoms with van der Waals surface area (Å²) in [5.74, 6) is -1.80. The van der Waals surface area contributed by atoms with Crippen molar-refractivity contribution in [2.45, 2.75) is 32.2 Å². The van der Waals surface area contributed by atoms with Crippen LogP contribution in [0.5, 0.6) is 0 Å². The number of hydrogen-bond acceptors (Lipinski definition) is 3. The molecule has 0 bridgehead atoms. The highest BCUT2D eigenvalue weighted by molar-refractivity contribution is 5.95. The number of nitrogens with zero attached hydrogens (tertiary/aromatic N) is 1. The van der Waals surface area contributed by atoms with E-state index in [0.717, 1.165) is 25.9 Å². The van der Waals surface area contributed by atoms with E-state index in [2.05, 4.69) is 4.90 Å². The summed E-state index contributed by atoms with van der Waals surface area (Å²) in [6.45, 7) is 2.39. The van der Waals surface area contributed by atoms with Gasteiger partial charge in [0.2, 0.25) is 5.76 Å². The maximum absolute atomic E-state index is 13.8. The largest absolute Gasteiger partial charge is 0.475 e. The zero-order chi connectivity index (χ0) is 14.8. The second kappa shape index (κ2) is 5.85. The van der Waals surface area contributed by atoms with Crippen LogP contribution in [0.15, 0.2) is 22.6 Å². The molecule has 0 atom stereocenters. The lowest BCUT2D eigenvalue weighted by molar-refractivity contribution is 0.0661. The predicted octanol–water partition coefficient (Wildman–Crippen LogP) is 3.65. The van der Waals surface area contributed by atoms with E-state index in [1.165, 1.54) is 18.9 Å². The molecule has 112 valence electrons. The van der Waals surface area contributed by atoms with Gasteiger partial charge in [0.1, 0.15) is 0 Å². The van der Waals surface area contributed by atoms with Crippen LogP contribution in [0, 0.1) is 5.82 Å². The van der Waals surface area contributed by atoms with Crippen LogP contribution in [0.4, 0.5) is 4.39 Å². The van der Waals surface area contributed by atoms with Crippen LogP contribution in [0.1, 0.15) is 41.8 Å². The van der Waals surface area contributed by atoms with E-state index < -0.39 is 11.8 Å². The highest BCUT2D eigenvalue weighted by atomic mass is 19.1. The SMILES string of the molecule is O=C(O)c1oc2c(F)cccc2c1CN1CCCCCC1. The predicted molar refractivity (Wildman–Crippen MR) is 76.9 cm³/mol. The zero-order valence-corrected chi connectivity index (χ0v) is 11.8. The van der Waals surface area contributed by atoms with Crippen molar-refractivity contribution in [3.8, 4) is 0 Å². The standard InChI is InChI=1S/C16H18FNO3/c17-13-7-5-6-11-12(15(16(19)20)21-14(11)13)10-18-8-3-1-2-4-9-18/h5-7H,1-4,8-10H2,(H,19,20). The molecule has 1 aliphatic heterocycles. The van der Waals surface area contributed by atoms with Crippen molar-refractivity contribution < 1.29 is 18.7 Å². The van der Waals surface area contributed by atoms with Crippen LogP contribution in [0.25, 0.3) is 11.0 Å². The van der Waals surface area contributed by atoms with Crippen LogP contribution in [-0.4, -0.2) is 29.1 Å². The fourth-order valence-corrected chi connectivity index (χ4v) is 2.98. The van der Waals surface area contributed by atoms with Crippen LogP contribution < -0.4 is 0 Å². The minimum atomic E-state index is -1.14. The average molecular weight is 291 g/mol. The molecular formula is C16H18FNO3. The summed E-state index contributed by atoms with van der Waals surface area (Å²) in [5.41, 5.74) is 0.624. The van der Waals surface area contributed by atoms with Gasteiger partial charge in [-0.2, -0.15) is 0 Å². The third-order valence-electron chi connectivity index (χ3n) is 4.04. The summed E-state index contributed by atoms with van der Waals surface area (Å²) in [6.07, 6.45) is 4.66. The summed E-state index contributed by atoms with van der Waals surface area (Å²) >= 11 is 0. The molecule has 1 N–H and O–H groups in total. The number of carboxylic acids is 1. The topological polar surface area (TPSA) is 53.7 Å². The number of benzene rings is 1. The van der Waals surface area contributed by atoms with E-state index in [-0.39, 0.29) is 11.3 Å². The zero-order valence-electron chi connectivity index (χ0n) is 11.8. The van der Waals surface area contributed by atoms with Gasteiger partial charge in [-0.15, -0.1) is 0 Å². The fraction of sp³-hybridized carbons (Fsp3) is 0.438. The van der Waals surface area contributed by atoms with Crippen molar-refractivity contribution in [1.29, 1.82) is 0 Å². The van der Waals surface area contributed by atoms with Crippen molar-refractivity contribution >= 4 is 16.9 Å². The Bertz CT molecular complexity index is 657. The van der Waals surface area contributed by atoms with Gasteiger partial charge in [0.25, 0.3) is 0 Å². The minimum Gasteiger partial charge on any atom is -0.475 e. The first-order valence-corrected chi connectivity index (χ1v) is 7.32. The van der Waals surface area contributed by atoms with Crippen molar-refractivity contribution in [2.24, 2.45) is 0 Å². The van der Waals surface area contributed by atoms with Gasteiger partial charge in [-0.25, -0.2) is 9.18 Å². The molecule has 5 heteroatoms. The Hall–Kier alpha value is -1.88. The number of aromatic carboxylic acids is 1. The molecule has 2 heterocycles. The maximum atomic E-state index is 13.8. The molecule has 1 aliphatic rings. The maximum Gasteiger partial charge on any atom is 0.372 e. The number of carbonyl (C=O) groups is 1. The van der Waals surface area contributed by atoms with Gasteiger partial charge in [0.05, 0.1) is 0 Å². The molecule has 1 fully saturated rings. The van der Waals surface area contributed by atoms with E-state index >= 15 is 0 Å². The third kappa shape index (κ3) is 2.78. The van der Waals surface area contributed by atoms with Crippen LogP contribution in [0.2, 0.25) is 0 Å². The van der Waals surface area contributed by atoms with Crippen LogP contribution >= 0.6 is 0 Å². The van der Waals surface area contributed by atoms with E-state index in [1.807, 2.05) is 0 Å². The smallest absolute Gasteiger partial charge is 0.372 e. The van der Waals surface area contributed by atoms with Crippen LogP contribution in [-0.2, 0) is 6.54 Å². The highest BCUT2D eigenvalue weighted by Gasteiger charge is 2.23. The Morgan fingerprint density at radius 1 is 1.24 bits per heavy atom. The summed E-state index contributed by atoms with van der Waals surface area (Å²) in [4.78, 5) is 13.6. The number of hydrogen-bond donors (Lipinski definition) is 1. The molecule has 1 aromatic heterocycles. The quantitative estimate of drug-likeness (QED) is 0.938. The van der Waals surface area contributed by atoms with Crippen molar-refractivity contribution in [2.75, 3.05) is 13.1 Å². The summed E-state index contributed by atoms with van der Waals surface area (Å²) in [6, 6.07) is 4.60. The number of halogens is 1. The number of fused-ring (bicyclic) bond motifs is 1. The van der Waals surface area contributed by atoms with E-state index in [0.29, 0.717) is 17.5 Å². The number of para-hydroxylation sites is 1. The van der Waals surface area contributed by atoms with E-state index in [1.54, 1.807) is 12.1 Å². The van der Waals surface area contributed by atoms with Gasteiger partial charge in [-0.1, -0.05) is 25.0 Å². The summed E-state index contributed by atoms with van der Waals surface area (Å²) in [7, 11) is 0. The fourth-order valence-electron chi connectivity index (χ4n) is 2.98. The summed E-state index contributed by atoms with van der Waals surface area (Å²) < 4.78 is 19.0.